The van der Waals surface area contributed by atoms with Crippen LogP contribution in [0.3, 0.4) is 0 Å². The fourth-order valence-electron chi connectivity index (χ4n) is 1.40. The van der Waals surface area contributed by atoms with Gasteiger partial charge in [-0.3, -0.25) is 0 Å². The van der Waals surface area contributed by atoms with E-state index in [0.29, 0.717) is 24.0 Å². The van der Waals surface area contributed by atoms with E-state index in [9.17, 15) is 0 Å². The molecule has 3 nitrogen and oxygen atoms in total. The summed E-state index contributed by atoms with van der Waals surface area (Å²) in [4.78, 5) is 0. The highest BCUT2D eigenvalue weighted by Crippen LogP contribution is 2.27. The molecule has 96 valence electrons. The first-order valence-corrected chi connectivity index (χ1v) is 6.28. The molecule has 0 aliphatic carbocycles. The van der Waals surface area contributed by atoms with Gasteiger partial charge in [0.05, 0.1) is 11.6 Å². The first kappa shape index (κ1) is 14.3. The summed E-state index contributed by atoms with van der Waals surface area (Å²) in [5, 5.41) is 0.608. The van der Waals surface area contributed by atoms with Crippen LogP contribution in [0.2, 0.25) is 5.02 Å². The third-order valence-electron chi connectivity index (χ3n) is 2.38. The number of halogens is 1. The summed E-state index contributed by atoms with van der Waals surface area (Å²) in [7, 11) is 0. The molecule has 1 rings (SSSR count). The molecule has 0 aromatic heterocycles. The molecule has 0 aliphatic rings. The molecular weight excluding hydrogens is 238 g/mol. The van der Waals surface area contributed by atoms with Crippen LogP contribution in [0.1, 0.15) is 31.9 Å². The van der Waals surface area contributed by atoms with Crippen LogP contribution in [0, 0.1) is 0 Å². The highest BCUT2D eigenvalue weighted by atomic mass is 35.5. The van der Waals surface area contributed by atoms with Crippen molar-refractivity contribution in [3.05, 3.63) is 28.8 Å². The lowest BCUT2D eigenvalue weighted by Gasteiger charge is -2.11. The van der Waals surface area contributed by atoms with Crippen LogP contribution < -0.4 is 10.5 Å². The zero-order chi connectivity index (χ0) is 12.7. The number of hydrogen-bond donors (Lipinski definition) is 1. The molecule has 0 bridgehead atoms. The van der Waals surface area contributed by atoms with E-state index in [4.69, 9.17) is 26.8 Å². The SMILES string of the molecule is CCOCCCOc1ccc([C@H](C)N)cc1Cl. The Morgan fingerprint density at radius 2 is 2.12 bits per heavy atom. The van der Waals surface area contributed by atoms with E-state index in [-0.39, 0.29) is 6.04 Å². The van der Waals surface area contributed by atoms with Crippen LogP contribution in [0.15, 0.2) is 18.2 Å². The lowest BCUT2D eigenvalue weighted by Crippen LogP contribution is -2.06. The maximum absolute atomic E-state index is 6.10. The Balaban J connectivity index is 2.43. The highest BCUT2D eigenvalue weighted by molar-refractivity contribution is 6.32. The minimum absolute atomic E-state index is 0.0143. The second-order valence-corrected chi connectivity index (χ2v) is 4.28. The van der Waals surface area contributed by atoms with E-state index < -0.39 is 0 Å². The molecule has 0 aliphatic heterocycles. The summed E-state index contributed by atoms with van der Waals surface area (Å²) >= 11 is 6.10. The van der Waals surface area contributed by atoms with Gasteiger partial charge in [0.1, 0.15) is 5.75 Å². The largest absolute Gasteiger partial charge is 0.492 e. The van der Waals surface area contributed by atoms with Gasteiger partial charge in [-0.25, -0.2) is 0 Å². The van der Waals surface area contributed by atoms with Gasteiger partial charge in [-0.1, -0.05) is 17.7 Å². The van der Waals surface area contributed by atoms with Gasteiger partial charge in [-0.2, -0.15) is 0 Å². The smallest absolute Gasteiger partial charge is 0.137 e. The van der Waals surface area contributed by atoms with Crippen molar-refractivity contribution in [3.8, 4) is 5.75 Å². The van der Waals surface area contributed by atoms with Gasteiger partial charge in [0.15, 0.2) is 0 Å². The van der Waals surface area contributed by atoms with Crippen LogP contribution in [-0.4, -0.2) is 19.8 Å². The van der Waals surface area contributed by atoms with Crippen molar-refractivity contribution < 1.29 is 9.47 Å². The normalized spacial score (nSPS) is 12.5. The molecule has 0 heterocycles. The first-order chi connectivity index (χ1) is 8.15. The monoisotopic (exact) mass is 257 g/mol. The third-order valence-corrected chi connectivity index (χ3v) is 2.67. The molecule has 1 atom stereocenters. The van der Waals surface area contributed by atoms with Gasteiger partial charge in [-0.15, -0.1) is 0 Å². The summed E-state index contributed by atoms with van der Waals surface area (Å²) < 4.78 is 10.8. The summed E-state index contributed by atoms with van der Waals surface area (Å²) in [5.74, 6) is 0.701. The van der Waals surface area contributed by atoms with Crippen molar-refractivity contribution in [1.82, 2.24) is 0 Å². The molecule has 0 unspecified atom stereocenters. The predicted molar refractivity (Wildman–Crippen MR) is 70.7 cm³/mol. The topological polar surface area (TPSA) is 44.5 Å². The van der Waals surface area contributed by atoms with E-state index in [0.717, 1.165) is 18.6 Å². The van der Waals surface area contributed by atoms with Crippen molar-refractivity contribution in [2.75, 3.05) is 19.8 Å². The molecule has 1 aromatic rings. The molecule has 0 radical (unpaired) electrons. The van der Waals surface area contributed by atoms with Crippen molar-refractivity contribution in [1.29, 1.82) is 0 Å². The Labute approximate surface area is 108 Å². The van der Waals surface area contributed by atoms with Crippen LogP contribution in [-0.2, 0) is 4.74 Å². The van der Waals surface area contributed by atoms with E-state index >= 15 is 0 Å². The summed E-state index contributed by atoms with van der Waals surface area (Å²) in [5.41, 5.74) is 6.78. The maximum atomic E-state index is 6.10. The summed E-state index contributed by atoms with van der Waals surface area (Å²) in [6.07, 6.45) is 0.860. The third kappa shape index (κ3) is 4.94. The molecule has 1 aromatic carbocycles. The molecule has 0 saturated heterocycles. The standard InChI is InChI=1S/C13H20ClNO2/c1-3-16-7-4-8-17-13-6-5-11(10(2)15)9-12(13)14/h5-6,9-10H,3-4,7-8,15H2,1-2H3/t10-/m0/s1. The average Bonchev–Trinajstić information content (AvgIpc) is 2.30. The fourth-order valence-corrected chi connectivity index (χ4v) is 1.65. The second kappa shape index (κ2) is 7.54. The summed E-state index contributed by atoms with van der Waals surface area (Å²) in [6.45, 7) is 5.96. The van der Waals surface area contributed by atoms with Crippen molar-refractivity contribution in [2.24, 2.45) is 5.73 Å². The number of rotatable bonds is 7. The Hall–Kier alpha value is -0.770. The summed E-state index contributed by atoms with van der Waals surface area (Å²) in [6, 6.07) is 5.64. The minimum Gasteiger partial charge on any atom is -0.492 e. The van der Waals surface area contributed by atoms with Gasteiger partial charge in [-0.05, 0) is 31.5 Å². The van der Waals surface area contributed by atoms with E-state index in [1.807, 2.05) is 32.0 Å². The van der Waals surface area contributed by atoms with E-state index in [2.05, 4.69) is 0 Å². The van der Waals surface area contributed by atoms with Crippen molar-refractivity contribution in [3.63, 3.8) is 0 Å². The Morgan fingerprint density at radius 3 is 2.71 bits per heavy atom. The van der Waals surface area contributed by atoms with Crippen LogP contribution >= 0.6 is 11.6 Å². The van der Waals surface area contributed by atoms with Gasteiger partial charge < -0.3 is 15.2 Å². The number of ether oxygens (including phenoxy) is 2. The van der Waals surface area contributed by atoms with Crippen LogP contribution in [0.25, 0.3) is 0 Å². The van der Waals surface area contributed by atoms with Gasteiger partial charge in [0.25, 0.3) is 0 Å². The quantitative estimate of drug-likeness (QED) is 0.763. The lowest BCUT2D eigenvalue weighted by atomic mass is 10.1. The molecule has 0 spiro atoms. The average molecular weight is 258 g/mol. The molecule has 17 heavy (non-hydrogen) atoms. The predicted octanol–water partition coefficient (Wildman–Crippen LogP) is 3.17. The second-order valence-electron chi connectivity index (χ2n) is 3.88. The number of hydrogen-bond acceptors (Lipinski definition) is 3. The van der Waals surface area contributed by atoms with Crippen molar-refractivity contribution in [2.45, 2.75) is 26.3 Å². The Kier molecular flexibility index (Phi) is 6.34. The Bertz CT molecular complexity index is 342. The number of nitrogens with two attached hydrogens (primary N) is 1. The van der Waals surface area contributed by atoms with Crippen LogP contribution in [0.4, 0.5) is 0 Å². The van der Waals surface area contributed by atoms with E-state index in [1.165, 1.54) is 0 Å². The lowest BCUT2D eigenvalue weighted by molar-refractivity contribution is 0.131. The highest BCUT2D eigenvalue weighted by Gasteiger charge is 2.05. The van der Waals surface area contributed by atoms with Gasteiger partial charge >= 0.3 is 0 Å². The molecule has 4 heteroatoms. The minimum atomic E-state index is -0.0143. The van der Waals surface area contributed by atoms with Gasteiger partial charge in [0, 0.05) is 25.7 Å². The Morgan fingerprint density at radius 1 is 1.35 bits per heavy atom. The molecule has 0 saturated carbocycles. The molecular formula is C13H20ClNO2. The van der Waals surface area contributed by atoms with E-state index in [1.54, 1.807) is 0 Å². The maximum Gasteiger partial charge on any atom is 0.137 e. The molecule has 0 fully saturated rings. The molecule has 0 amide bonds. The van der Waals surface area contributed by atoms with Crippen LogP contribution in [0.5, 0.6) is 5.75 Å². The first-order valence-electron chi connectivity index (χ1n) is 5.90. The number of benzene rings is 1. The fraction of sp³-hybridized carbons (Fsp3) is 0.538. The van der Waals surface area contributed by atoms with Crippen molar-refractivity contribution >= 4 is 11.6 Å². The zero-order valence-electron chi connectivity index (χ0n) is 10.4. The molecule has 2 N–H and O–H groups in total. The zero-order valence-corrected chi connectivity index (χ0v) is 11.2. The van der Waals surface area contributed by atoms with Gasteiger partial charge in [0.2, 0.25) is 0 Å².